The first-order chi connectivity index (χ1) is 17.1. The Morgan fingerprint density at radius 3 is 2.64 bits per heavy atom. The van der Waals surface area contributed by atoms with E-state index >= 15 is 0 Å². The van der Waals surface area contributed by atoms with Crippen LogP contribution in [0, 0.1) is 6.92 Å². The van der Waals surface area contributed by atoms with Crippen molar-refractivity contribution < 1.29 is 32.2 Å². The lowest BCUT2D eigenvalue weighted by Crippen LogP contribution is -2.36. The van der Waals surface area contributed by atoms with Crippen molar-refractivity contribution in [3.05, 3.63) is 48.2 Å². The maximum atomic E-state index is 12.0. The van der Waals surface area contributed by atoms with Crippen LogP contribution in [0.5, 0.6) is 0 Å². The second kappa shape index (κ2) is 12.6. The molecule has 0 bridgehead atoms. The van der Waals surface area contributed by atoms with Crippen LogP contribution in [0.1, 0.15) is 37.7 Å². The van der Waals surface area contributed by atoms with E-state index in [0.29, 0.717) is 12.8 Å². The first-order valence-corrected chi connectivity index (χ1v) is 14.8. The van der Waals surface area contributed by atoms with Gasteiger partial charge >= 0.3 is 5.97 Å². The van der Waals surface area contributed by atoms with Crippen LogP contribution in [0.4, 0.5) is 5.69 Å². The first kappa shape index (κ1) is 28.0. The zero-order valence-corrected chi connectivity index (χ0v) is 22.3. The van der Waals surface area contributed by atoms with Gasteiger partial charge in [-0.3, -0.25) is 14.1 Å². The van der Waals surface area contributed by atoms with E-state index in [2.05, 4.69) is 35.0 Å². The number of rotatable bonds is 12. The molecule has 1 aromatic heterocycles. The molecule has 1 aliphatic rings. The predicted octanol–water partition coefficient (Wildman–Crippen LogP) is 3.66. The van der Waals surface area contributed by atoms with Crippen LogP contribution in [0.15, 0.2) is 52.5 Å². The standard InChI is InChI=1S/C23H27N3O7S3/c1-16-10-11-17(34-35-20-8-5-6-12-24-20)14-18(16)25(2)13-7-3-4-9-22(28)33-26-21(27)15-19(23(26)29)36(30,31)32/h5-6,8,10-12,14,19H,3-4,7,9,13,15H2,1-2H3,(H,30,31,32). The summed E-state index contributed by atoms with van der Waals surface area (Å²) in [6.07, 6.45) is 2.96. The van der Waals surface area contributed by atoms with Gasteiger partial charge in [0, 0.05) is 36.8 Å². The Bertz CT molecular complexity index is 1210. The maximum Gasteiger partial charge on any atom is 0.333 e. The smallest absolute Gasteiger partial charge is 0.333 e. The SMILES string of the molecule is Cc1ccc(SSc2ccccn2)cc1N(C)CCCCCC(=O)ON1C(=O)CC(S(=O)(=O)O)C1=O. The largest absolute Gasteiger partial charge is 0.374 e. The van der Waals surface area contributed by atoms with Gasteiger partial charge in [0.25, 0.3) is 21.9 Å². The fourth-order valence-electron chi connectivity index (χ4n) is 3.51. The number of benzene rings is 1. The minimum absolute atomic E-state index is 0.0345. The molecule has 2 aromatic rings. The zero-order valence-electron chi connectivity index (χ0n) is 19.8. The second-order valence-electron chi connectivity index (χ2n) is 8.21. The fourth-order valence-corrected chi connectivity index (χ4v) is 6.07. The number of anilines is 1. The average molecular weight is 554 g/mol. The van der Waals surface area contributed by atoms with Crippen molar-refractivity contribution in [2.75, 3.05) is 18.5 Å². The van der Waals surface area contributed by atoms with E-state index in [-0.39, 0.29) is 11.5 Å². The number of hydrogen-bond donors (Lipinski definition) is 1. The molecule has 1 atom stereocenters. The van der Waals surface area contributed by atoms with E-state index in [4.69, 9.17) is 9.39 Å². The first-order valence-electron chi connectivity index (χ1n) is 11.2. The van der Waals surface area contributed by atoms with Crippen LogP contribution in [0.25, 0.3) is 0 Å². The normalized spacial score (nSPS) is 15.9. The van der Waals surface area contributed by atoms with Crippen molar-refractivity contribution in [2.45, 2.75) is 54.2 Å². The highest BCUT2D eigenvalue weighted by Crippen LogP contribution is 2.38. The quantitative estimate of drug-likeness (QED) is 0.179. The van der Waals surface area contributed by atoms with Gasteiger partial charge in [-0.15, -0.1) is 5.06 Å². The van der Waals surface area contributed by atoms with Gasteiger partial charge in [-0.2, -0.15) is 8.42 Å². The second-order valence-corrected chi connectivity index (χ2v) is 12.0. The molecule has 1 unspecified atom stereocenters. The van der Waals surface area contributed by atoms with Crippen molar-refractivity contribution >= 4 is 55.2 Å². The van der Waals surface area contributed by atoms with Crippen LogP contribution >= 0.6 is 21.6 Å². The van der Waals surface area contributed by atoms with E-state index in [1.807, 2.05) is 25.2 Å². The third-order valence-electron chi connectivity index (χ3n) is 5.44. The highest BCUT2D eigenvalue weighted by molar-refractivity contribution is 8.76. The Balaban J connectivity index is 1.40. The third kappa shape index (κ3) is 7.69. The van der Waals surface area contributed by atoms with Crippen molar-refractivity contribution in [3.63, 3.8) is 0 Å². The fraction of sp³-hybridized carbons (Fsp3) is 0.391. The molecule has 1 fully saturated rings. The topological polar surface area (TPSA) is 134 Å². The summed E-state index contributed by atoms with van der Waals surface area (Å²) < 4.78 is 31.3. The number of carbonyl (C=O) groups excluding carboxylic acids is 3. The molecule has 3 rings (SSSR count). The maximum absolute atomic E-state index is 12.0. The van der Waals surface area contributed by atoms with Crippen molar-refractivity contribution in [1.29, 1.82) is 0 Å². The minimum atomic E-state index is -4.74. The average Bonchev–Trinajstić information content (AvgIpc) is 3.12. The molecule has 0 aliphatic carbocycles. The summed E-state index contributed by atoms with van der Waals surface area (Å²) in [7, 11) is 0.499. The molecule has 0 saturated carbocycles. The number of pyridine rings is 1. The molecule has 1 aromatic carbocycles. The third-order valence-corrected chi connectivity index (χ3v) is 8.81. The van der Waals surface area contributed by atoms with Crippen LogP contribution in [0.2, 0.25) is 0 Å². The summed E-state index contributed by atoms with van der Waals surface area (Å²) in [5, 5.41) is -0.857. The molecule has 1 N–H and O–H groups in total. The summed E-state index contributed by atoms with van der Waals surface area (Å²) in [5.41, 5.74) is 2.26. The number of nitrogens with zero attached hydrogens (tertiary/aromatic N) is 3. The van der Waals surface area contributed by atoms with Gasteiger partial charge in [0.1, 0.15) is 5.03 Å². The lowest BCUT2D eigenvalue weighted by molar-refractivity contribution is -0.197. The molecule has 10 nitrogen and oxygen atoms in total. The van der Waals surface area contributed by atoms with E-state index in [1.54, 1.807) is 27.8 Å². The number of hydroxylamine groups is 2. The van der Waals surface area contributed by atoms with Gasteiger partial charge < -0.3 is 9.74 Å². The Labute approximate surface area is 217 Å². The number of amides is 2. The molecule has 1 aliphatic heterocycles. The van der Waals surface area contributed by atoms with Gasteiger partial charge in [-0.1, -0.05) is 29.3 Å². The Morgan fingerprint density at radius 2 is 1.97 bits per heavy atom. The van der Waals surface area contributed by atoms with Crippen molar-refractivity contribution in [2.24, 2.45) is 0 Å². The summed E-state index contributed by atoms with van der Waals surface area (Å²) in [6.45, 7) is 2.81. The molecule has 2 heterocycles. The van der Waals surface area contributed by atoms with E-state index in [9.17, 15) is 22.8 Å². The highest BCUT2D eigenvalue weighted by atomic mass is 33.1. The summed E-state index contributed by atoms with van der Waals surface area (Å²) in [5.74, 6) is -3.05. The Morgan fingerprint density at radius 1 is 1.19 bits per heavy atom. The number of carbonyl (C=O) groups is 3. The molecule has 2 amide bonds. The highest BCUT2D eigenvalue weighted by Gasteiger charge is 2.48. The summed E-state index contributed by atoms with van der Waals surface area (Å²) >= 11 is 0. The van der Waals surface area contributed by atoms with Crippen LogP contribution in [-0.2, 0) is 29.3 Å². The Hall–Kier alpha value is -2.61. The van der Waals surface area contributed by atoms with Gasteiger partial charge in [-0.25, -0.2) is 9.78 Å². The van der Waals surface area contributed by atoms with Crippen LogP contribution < -0.4 is 4.90 Å². The van der Waals surface area contributed by atoms with Gasteiger partial charge in [0.05, 0.1) is 6.42 Å². The monoisotopic (exact) mass is 553 g/mol. The molecule has 13 heteroatoms. The van der Waals surface area contributed by atoms with Gasteiger partial charge in [0.2, 0.25) is 0 Å². The predicted molar refractivity (Wildman–Crippen MR) is 137 cm³/mol. The number of unbranched alkanes of at least 4 members (excludes halogenated alkanes) is 2. The summed E-state index contributed by atoms with van der Waals surface area (Å²) in [4.78, 5) is 48.0. The van der Waals surface area contributed by atoms with Crippen LogP contribution in [-0.4, -0.2) is 59.6 Å². The minimum Gasteiger partial charge on any atom is -0.374 e. The van der Waals surface area contributed by atoms with Crippen LogP contribution in [0.3, 0.4) is 0 Å². The molecular formula is C23H27N3O7S3. The van der Waals surface area contributed by atoms with Crippen molar-refractivity contribution in [3.8, 4) is 0 Å². The molecule has 1 saturated heterocycles. The van der Waals surface area contributed by atoms with Crippen molar-refractivity contribution in [1.82, 2.24) is 10.0 Å². The molecule has 0 radical (unpaired) electrons. The number of hydrogen-bond acceptors (Lipinski definition) is 10. The van der Waals surface area contributed by atoms with E-state index in [0.717, 1.165) is 34.1 Å². The molecular weight excluding hydrogens is 526 g/mol. The number of aryl methyl sites for hydroxylation is 1. The molecule has 0 spiro atoms. The Kier molecular flexibility index (Phi) is 9.77. The van der Waals surface area contributed by atoms with E-state index in [1.165, 1.54) is 0 Å². The number of imide groups is 1. The van der Waals surface area contributed by atoms with Gasteiger partial charge in [-0.05, 0) is 60.4 Å². The van der Waals surface area contributed by atoms with Gasteiger partial charge in [0.15, 0.2) is 5.25 Å². The zero-order chi connectivity index (χ0) is 26.3. The molecule has 194 valence electrons. The summed E-state index contributed by atoms with van der Waals surface area (Å²) in [6, 6.07) is 12.1. The number of aromatic nitrogens is 1. The molecule has 36 heavy (non-hydrogen) atoms. The van der Waals surface area contributed by atoms with E-state index < -0.39 is 39.6 Å². The lowest BCUT2D eigenvalue weighted by atomic mass is 10.1. The lowest BCUT2D eigenvalue weighted by Gasteiger charge is -2.22.